The van der Waals surface area contributed by atoms with Gasteiger partial charge < -0.3 is 14.6 Å². The first-order valence-corrected chi connectivity index (χ1v) is 9.49. The number of aromatic nitrogens is 1. The molecule has 1 atom stereocenters. The summed E-state index contributed by atoms with van der Waals surface area (Å²) in [5.41, 5.74) is 2.39. The maximum Gasteiger partial charge on any atom is 0.340 e. The van der Waals surface area contributed by atoms with Crippen LogP contribution >= 0.6 is 11.3 Å². The fraction of sp³-hybridized carbons (Fsp3) is 0.474. The highest BCUT2D eigenvalue weighted by Gasteiger charge is 2.29. The first kappa shape index (κ1) is 17.7. The Kier molecular flexibility index (Phi) is 5.27. The number of ether oxygens (including phenoxy) is 1. The van der Waals surface area contributed by atoms with E-state index in [2.05, 4.69) is 16.0 Å². The number of thiophene rings is 1. The highest BCUT2D eigenvalue weighted by molar-refractivity contribution is 7.09. The van der Waals surface area contributed by atoms with Crippen molar-refractivity contribution >= 4 is 23.2 Å². The lowest BCUT2D eigenvalue weighted by atomic mass is 10.2. The number of aryl methyl sites for hydroxylation is 1. The van der Waals surface area contributed by atoms with Crippen LogP contribution < -0.4 is 5.32 Å². The molecule has 0 unspecified atom stereocenters. The van der Waals surface area contributed by atoms with E-state index < -0.39 is 5.97 Å². The molecule has 134 valence electrons. The van der Waals surface area contributed by atoms with Crippen molar-refractivity contribution in [3.63, 3.8) is 0 Å². The van der Waals surface area contributed by atoms with Crippen LogP contribution in [-0.4, -0.2) is 29.1 Å². The second-order valence-corrected chi connectivity index (χ2v) is 7.75. The minimum absolute atomic E-state index is 0.155. The minimum Gasteiger partial charge on any atom is -0.452 e. The molecular weight excluding hydrogens is 336 g/mol. The zero-order chi connectivity index (χ0) is 18.0. The Morgan fingerprint density at radius 2 is 2.16 bits per heavy atom. The molecule has 2 aromatic rings. The van der Waals surface area contributed by atoms with Crippen LogP contribution in [-0.2, 0) is 16.1 Å². The van der Waals surface area contributed by atoms with Gasteiger partial charge in [-0.2, -0.15) is 0 Å². The first-order chi connectivity index (χ1) is 12.0. The molecule has 1 fully saturated rings. The maximum atomic E-state index is 12.4. The van der Waals surface area contributed by atoms with Crippen LogP contribution in [0.25, 0.3) is 0 Å². The van der Waals surface area contributed by atoms with Gasteiger partial charge in [0.2, 0.25) is 0 Å². The Labute approximate surface area is 152 Å². The average molecular weight is 360 g/mol. The zero-order valence-corrected chi connectivity index (χ0v) is 15.7. The molecule has 6 heteroatoms. The molecule has 0 aliphatic heterocycles. The largest absolute Gasteiger partial charge is 0.452 e. The van der Waals surface area contributed by atoms with E-state index in [9.17, 15) is 9.59 Å². The normalized spacial score (nSPS) is 15.0. The molecule has 0 bridgehead atoms. The van der Waals surface area contributed by atoms with Crippen molar-refractivity contribution in [3.8, 4) is 0 Å². The Morgan fingerprint density at radius 1 is 1.40 bits per heavy atom. The summed E-state index contributed by atoms with van der Waals surface area (Å²) in [7, 11) is 0. The van der Waals surface area contributed by atoms with Gasteiger partial charge in [-0.15, -0.1) is 11.3 Å². The van der Waals surface area contributed by atoms with E-state index in [0.29, 0.717) is 11.5 Å². The van der Waals surface area contributed by atoms with Crippen molar-refractivity contribution < 1.29 is 14.3 Å². The fourth-order valence-corrected chi connectivity index (χ4v) is 3.72. The molecule has 1 saturated carbocycles. The van der Waals surface area contributed by atoms with Gasteiger partial charge in [0.25, 0.3) is 5.91 Å². The summed E-state index contributed by atoms with van der Waals surface area (Å²) in [6.45, 7) is 6.38. The standard InChI is InChI=1S/C19H24N2O3S/c1-12-9-17(14(3)21(12)10-16-5-4-8-25-16)19(23)24-11-18(22)20-13(2)15-6-7-15/h4-5,8-9,13,15H,6-7,10-11H2,1-3H3,(H,20,22)/t13-/m0/s1. The topological polar surface area (TPSA) is 60.3 Å². The molecule has 1 aliphatic rings. The quantitative estimate of drug-likeness (QED) is 0.771. The number of nitrogens with one attached hydrogen (secondary N) is 1. The first-order valence-electron chi connectivity index (χ1n) is 8.61. The van der Waals surface area contributed by atoms with E-state index in [-0.39, 0.29) is 18.6 Å². The van der Waals surface area contributed by atoms with Gasteiger partial charge in [0, 0.05) is 22.3 Å². The van der Waals surface area contributed by atoms with Crippen molar-refractivity contribution in [3.05, 3.63) is 45.4 Å². The van der Waals surface area contributed by atoms with Crippen molar-refractivity contribution in [2.45, 2.75) is 46.2 Å². The van der Waals surface area contributed by atoms with Crippen molar-refractivity contribution in [1.29, 1.82) is 0 Å². The van der Waals surface area contributed by atoms with Gasteiger partial charge in [-0.1, -0.05) is 6.07 Å². The average Bonchev–Trinajstić information content (AvgIpc) is 3.24. The van der Waals surface area contributed by atoms with Crippen LogP contribution in [0.3, 0.4) is 0 Å². The Morgan fingerprint density at radius 3 is 2.80 bits per heavy atom. The van der Waals surface area contributed by atoms with Crippen LogP contribution in [0.2, 0.25) is 0 Å². The number of amides is 1. The molecule has 2 heterocycles. The van der Waals surface area contributed by atoms with Gasteiger partial charge in [0.05, 0.1) is 12.1 Å². The summed E-state index contributed by atoms with van der Waals surface area (Å²) in [5, 5.41) is 4.93. The highest BCUT2D eigenvalue weighted by atomic mass is 32.1. The van der Waals surface area contributed by atoms with Gasteiger partial charge in [0.15, 0.2) is 6.61 Å². The molecule has 0 saturated heterocycles. The number of hydrogen-bond donors (Lipinski definition) is 1. The van der Waals surface area contributed by atoms with Crippen LogP contribution in [0, 0.1) is 19.8 Å². The van der Waals surface area contributed by atoms with Crippen LogP contribution in [0.4, 0.5) is 0 Å². The molecular formula is C19H24N2O3S. The lowest BCUT2D eigenvalue weighted by Crippen LogP contribution is -2.37. The highest BCUT2D eigenvalue weighted by Crippen LogP contribution is 2.32. The molecule has 0 radical (unpaired) electrons. The van der Waals surface area contributed by atoms with Crippen LogP contribution in [0.15, 0.2) is 23.6 Å². The van der Waals surface area contributed by atoms with E-state index in [1.54, 1.807) is 11.3 Å². The number of nitrogens with zero attached hydrogens (tertiary/aromatic N) is 1. The minimum atomic E-state index is -0.445. The predicted octanol–water partition coefficient (Wildman–Crippen LogP) is 3.29. The van der Waals surface area contributed by atoms with Crippen molar-refractivity contribution in [2.75, 3.05) is 6.61 Å². The maximum absolute atomic E-state index is 12.4. The summed E-state index contributed by atoms with van der Waals surface area (Å²) >= 11 is 1.69. The second kappa shape index (κ2) is 7.44. The molecule has 25 heavy (non-hydrogen) atoms. The smallest absolute Gasteiger partial charge is 0.340 e. The number of carbonyl (C=O) groups is 2. The SMILES string of the molecule is Cc1cc(C(=O)OCC(=O)N[C@@H](C)C2CC2)c(C)n1Cc1cccs1. The third-order valence-corrected chi connectivity index (χ3v) is 5.60. The Balaban J connectivity index is 1.59. The van der Waals surface area contributed by atoms with Gasteiger partial charge in [-0.3, -0.25) is 4.79 Å². The number of hydrogen-bond acceptors (Lipinski definition) is 4. The Hall–Kier alpha value is -2.08. The zero-order valence-electron chi connectivity index (χ0n) is 14.9. The summed E-state index contributed by atoms with van der Waals surface area (Å²) < 4.78 is 7.31. The summed E-state index contributed by atoms with van der Waals surface area (Å²) in [6, 6.07) is 6.08. The molecule has 0 spiro atoms. The van der Waals surface area contributed by atoms with Gasteiger partial charge >= 0.3 is 5.97 Å². The molecule has 1 amide bonds. The summed E-state index contributed by atoms with van der Waals surface area (Å²) in [6.07, 6.45) is 2.33. The number of carbonyl (C=O) groups excluding carboxylic acids is 2. The molecule has 5 nitrogen and oxygen atoms in total. The molecule has 3 rings (SSSR count). The third-order valence-electron chi connectivity index (χ3n) is 4.74. The molecule has 1 N–H and O–H groups in total. The van der Waals surface area contributed by atoms with E-state index in [1.807, 2.05) is 38.3 Å². The monoisotopic (exact) mass is 360 g/mol. The fourth-order valence-electron chi connectivity index (χ4n) is 3.03. The van der Waals surface area contributed by atoms with Gasteiger partial charge in [0.1, 0.15) is 0 Å². The van der Waals surface area contributed by atoms with Crippen molar-refractivity contribution in [2.24, 2.45) is 5.92 Å². The lowest BCUT2D eigenvalue weighted by Gasteiger charge is -2.13. The van der Waals surface area contributed by atoms with Crippen LogP contribution in [0.5, 0.6) is 0 Å². The van der Waals surface area contributed by atoms with Gasteiger partial charge in [-0.25, -0.2) is 4.79 Å². The second-order valence-electron chi connectivity index (χ2n) is 6.72. The van der Waals surface area contributed by atoms with Crippen LogP contribution in [0.1, 0.15) is 46.4 Å². The van der Waals surface area contributed by atoms with E-state index >= 15 is 0 Å². The molecule has 2 aromatic heterocycles. The number of rotatable bonds is 7. The third kappa shape index (κ3) is 4.31. The van der Waals surface area contributed by atoms with E-state index in [1.165, 1.54) is 4.88 Å². The lowest BCUT2D eigenvalue weighted by molar-refractivity contribution is -0.124. The van der Waals surface area contributed by atoms with E-state index in [0.717, 1.165) is 30.8 Å². The van der Waals surface area contributed by atoms with Crippen molar-refractivity contribution in [1.82, 2.24) is 9.88 Å². The van der Waals surface area contributed by atoms with E-state index in [4.69, 9.17) is 4.74 Å². The molecule has 1 aliphatic carbocycles. The summed E-state index contributed by atoms with van der Waals surface area (Å²) in [5.74, 6) is -0.101. The number of esters is 1. The summed E-state index contributed by atoms with van der Waals surface area (Å²) in [4.78, 5) is 25.5. The predicted molar refractivity (Wildman–Crippen MR) is 97.9 cm³/mol. The van der Waals surface area contributed by atoms with Gasteiger partial charge in [-0.05, 0) is 57.0 Å². The molecule has 0 aromatic carbocycles. The Bertz CT molecular complexity index is 760.